The first kappa shape index (κ1) is 13.8. The first-order chi connectivity index (χ1) is 8.04. The maximum atomic E-state index is 9.35. The van der Waals surface area contributed by atoms with Crippen LogP contribution in [-0.4, -0.2) is 45.0 Å². The molecule has 0 aliphatic carbocycles. The zero-order valence-corrected chi connectivity index (χ0v) is 11.0. The summed E-state index contributed by atoms with van der Waals surface area (Å²) in [4.78, 5) is 2.10. The molecule has 1 rings (SSSR count). The van der Waals surface area contributed by atoms with Crippen LogP contribution in [-0.2, 0) is 0 Å². The topological polar surface area (TPSA) is 44.7 Å². The highest BCUT2D eigenvalue weighted by atomic mass is 16.5. The molecular weight excluding hydrogens is 216 g/mol. The van der Waals surface area contributed by atoms with E-state index in [0.717, 1.165) is 18.0 Å². The van der Waals surface area contributed by atoms with Crippen LogP contribution in [0.5, 0.6) is 5.75 Å². The van der Waals surface area contributed by atoms with Gasteiger partial charge in [-0.2, -0.15) is 0 Å². The molecule has 0 aliphatic rings. The molecule has 0 saturated heterocycles. The van der Waals surface area contributed by atoms with Gasteiger partial charge in [0.05, 0.1) is 19.3 Å². The molecule has 1 aromatic rings. The smallest absolute Gasteiger partial charge is 0.119 e. The van der Waals surface area contributed by atoms with Crippen LogP contribution in [0.3, 0.4) is 0 Å². The third-order valence-corrected chi connectivity index (χ3v) is 3.05. The summed E-state index contributed by atoms with van der Waals surface area (Å²) in [7, 11) is 5.52. The van der Waals surface area contributed by atoms with Crippen LogP contribution in [0.1, 0.15) is 6.92 Å². The van der Waals surface area contributed by atoms with Gasteiger partial charge in [-0.1, -0.05) is 0 Å². The molecule has 0 aliphatic heterocycles. The van der Waals surface area contributed by atoms with Crippen molar-refractivity contribution in [3.8, 4) is 5.75 Å². The molecule has 1 atom stereocenters. The Bertz CT molecular complexity index is 334. The Kier molecular flexibility index (Phi) is 4.78. The number of hydrogen-bond donors (Lipinski definition) is 2. The minimum atomic E-state index is -0.297. The van der Waals surface area contributed by atoms with Crippen LogP contribution in [0.15, 0.2) is 24.3 Å². The van der Waals surface area contributed by atoms with Gasteiger partial charge in [0.15, 0.2) is 0 Å². The number of likely N-dealkylation sites (N-methyl/N-ethyl adjacent to an activating group) is 2. The molecule has 0 fully saturated rings. The van der Waals surface area contributed by atoms with E-state index in [9.17, 15) is 5.11 Å². The second kappa shape index (κ2) is 5.89. The first-order valence-electron chi connectivity index (χ1n) is 5.69. The summed E-state index contributed by atoms with van der Waals surface area (Å²) >= 11 is 0. The van der Waals surface area contributed by atoms with E-state index in [1.54, 1.807) is 7.11 Å². The predicted octanol–water partition coefficient (Wildman–Crippen LogP) is 1.10. The summed E-state index contributed by atoms with van der Waals surface area (Å²) in [6.45, 7) is 2.82. The van der Waals surface area contributed by atoms with E-state index in [1.165, 1.54) is 0 Å². The normalized spacial score (nSPS) is 14.2. The number of hydrogen-bond acceptors (Lipinski definition) is 4. The molecule has 0 aromatic heterocycles. The van der Waals surface area contributed by atoms with Gasteiger partial charge in [0, 0.05) is 19.3 Å². The van der Waals surface area contributed by atoms with E-state index in [0.29, 0.717) is 0 Å². The monoisotopic (exact) mass is 238 g/mol. The van der Waals surface area contributed by atoms with Gasteiger partial charge in [0.2, 0.25) is 0 Å². The molecule has 2 N–H and O–H groups in total. The molecular formula is C13H22N2O2. The summed E-state index contributed by atoms with van der Waals surface area (Å²) in [5.74, 6) is 0.848. The fraction of sp³-hybridized carbons (Fsp3) is 0.538. The van der Waals surface area contributed by atoms with Crippen LogP contribution in [0.4, 0.5) is 5.69 Å². The minimum Gasteiger partial charge on any atom is -0.497 e. The van der Waals surface area contributed by atoms with Crippen LogP contribution >= 0.6 is 0 Å². The van der Waals surface area contributed by atoms with E-state index < -0.39 is 0 Å². The van der Waals surface area contributed by atoms with Crippen molar-refractivity contribution in [2.45, 2.75) is 12.5 Å². The maximum Gasteiger partial charge on any atom is 0.119 e. The van der Waals surface area contributed by atoms with E-state index in [4.69, 9.17) is 4.74 Å². The molecule has 1 unspecified atom stereocenters. The van der Waals surface area contributed by atoms with E-state index in [1.807, 2.05) is 45.3 Å². The van der Waals surface area contributed by atoms with Crippen LogP contribution in [0.25, 0.3) is 0 Å². The molecule has 0 heterocycles. The van der Waals surface area contributed by atoms with Gasteiger partial charge in [0.1, 0.15) is 5.75 Å². The predicted molar refractivity (Wildman–Crippen MR) is 70.8 cm³/mol. The van der Waals surface area contributed by atoms with Gasteiger partial charge in [0.25, 0.3) is 0 Å². The van der Waals surface area contributed by atoms with Gasteiger partial charge in [-0.3, -0.25) is 0 Å². The Balaban J connectivity index is 2.71. The molecule has 0 bridgehead atoms. The van der Waals surface area contributed by atoms with Gasteiger partial charge >= 0.3 is 0 Å². The summed E-state index contributed by atoms with van der Waals surface area (Å²) in [6, 6.07) is 7.88. The molecule has 0 saturated carbocycles. The Morgan fingerprint density at radius 3 is 2.35 bits per heavy atom. The fourth-order valence-electron chi connectivity index (χ4n) is 1.66. The van der Waals surface area contributed by atoms with Crippen molar-refractivity contribution in [3.05, 3.63) is 24.3 Å². The lowest BCUT2D eigenvalue weighted by Gasteiger charge is -2.33. The number of benzene rings is 1. The Hall–Kier alpha value is -1.26. The average molecular weight is 238 g/mol. The summed E-state index contributed by atoms with van der Waals surface area (Å²) in [5, 5.41) is 12.5. The summed E-state index contributed by atoms with van der Waals surface area (Å²) in [6.07, 6.45) is 0. The molecule has 0 radical (unpaired) electrons. The van der Waals surface area contributed by atoms with Crippen molar-refractivity contribution in [1.29, 1.82) is 0 Å². The first-order valence-corrected chi connectivity index (χ1v) is 5.69. The summed E-state index contributed by atoms with van der Waals surface area (Å²) in [5.41, 5.74) is 0.801. The second-order valence-corrected chi connectivity index (χ2v) is 4.52. The number of ether oxygens (including phenoxy) is 1. The maximum absolute atomic E-state index is 9.35. The number of anilines is 1. The minimum absolute atomic E-state index is 0.101. The van der Waals surface area contributed by atoms with Crippen molar-refractivity contribution in [2.24, 2.45) is 0 Å². The Morgan fingerprint density at radius 2 is 1.94 bits per heavy atom. The highest BCUT2D eigenvalue weighted by Crippen LogP contribution is 2.19. The van der Waals surface area contributed by atoms with Crippen molar-refractivity contribution >= 4 is 5.69 Å². The third-order valence-electron chi connectivity index (χ3n) is 3.05. The number of nitrogens with zero attached hydrogens (tertiary/aromatic N) is 1. The van der Waals surface area contributed by atoms with Gasteiger partial charge in [-0.25, -0.2) is 0 Å². The molecule has 96 valence electrons. The van der Waals surface area contributed by atoms with Crippen molar-refractivity contribution in [3.63, 3.8) is 0 Å². The van der Waals surface area contributed by atoms with Crippen molar-refractivity contribution in [1.82, 2.24) is 5.32 Å². The standard InChI is InChI=1S/C13H22N2O2/c1-13(10-16,14-2)9-15(3)11-5-7-12(17-4)8-6-11/h5-8,14,16H,9-10H2,1-4H3. The van der Waals surface area contributed by atoms with Gasteiger partial charge in [-0.15, -0.1) is 0 Å². The van der Waals surface area contributed by atoms with Crippen LogP contribution in [0.2, 0.25) is 0 Å². The number of aliphatic hydroxyl groups is 1. The number of aliphatic hydroxyl groups excluding tert-OH is 1. The largest absolute Gasteiger partial charge is 0.497 e. The quantitative estimate of drug-likeness (QED) is 0.779. The summed E-state index contributed by atoms with van der Waals surface area (Å²) < 4.78 is 5.12. The molecule has 0 spiro atoms. The van der Waals surface area contributed by atoms with E-state index in [2.05, 4.69) is 10.2 Å². The second-order valence-electron chi connectivity index (χ2n) is 4.52. The zero-order valence-electron chi connectivity index (χ0n) is 11.0. The van der Waals surface area contributed by atoms with Gasteiger partial charge in [-0.05, 0) is 38.2 Å². The highest BCUT2D eigenvalue weighted by Gasteiger charge is 2.22. The molecule has 4 nitrogen and oxygen atoms in total. The fourth-order valence-corrected chi connectivity index (χ4v) is 1.66. The SMILES string of the molecule is CNC(C)(CO)CN(C)c1ccc(OC)cc1. The Morgan fingerprint density at radius 1 is 1.35 bits per heavy atom. The molecule has 17 heavy (non-hydrogen) atoms. The molecule has 1 aromatic carbocycles. The third kappa shape index (κ3) is 3.61. The van der Waals surface area contributed by atoms with Crippen molar-refractivity contribution in [2.75, 3.05) is 39.3 Å². The van der Waals surface area contributed by atoms with E-state index >= 15 is 0 Å². The molecule has 4 heteroatoms. The van der Waals surface area contributed by atoms with E-state index in [-0.39, 0.29) is 12.1 Å². The number of rotatable bonds is 6. The lowest BCUT2D eigenvalue weighted by atomic mass is 10.0. The Labute approximate surface area is 103 Å². The van der Waals surface area contributed by atoms with Gasteiger partial charge < -0.3 is 20.1 Å². The number of nitrogens with one attached hydrogen (secondary N) is 1. The van der Waals surface area contributed by atoms with Crippen LogP contribution < -0.4 is 15.0 Å². The zero-order chi connectivity index (χ0) is 12.9. The van der Waals surface area contributed by atoms with Crippen molar-refractivity contribution < 1.29 is 9.84 Å². The highest BCUT2D eigenvalue weighted by molar-refractivity contribution is 5.48. The average Bonchev–Trinajstić information content (AvgIpc) is 2.38. The lowest BCUT2D eigenvalue weighted by Crippen LogP contribution is -2.51. The number of methoxy groups -OCH3 is 1. The van der Waals surface area contributed by atoms with Crippen LogP contribution in [0, 0.1) is 0 Å². The molecule has 0 amide bonds. The lowest BCUT2D eigenvalue weighted by molar-refractivity contribution is 0.187.